The lowest BCUT2D eigenvalue weighted by Crippen LogP contribution is -2.38. The molecule has 0 atom stereocenters. The van der Waals surface area contributed by atoms with E-state index < -0.39 is 0 Å². The highest BCUT2D eigenvalue weighted by molar-refractivity contribution is 5.79. The Kier molecular flexibility index (Phi) is 4.32. The molecule has 6 nitrogen and oxygen atoms in total. The molecule has 0 fully saturated rings. The molecule has 0 spiro atoms. The van der Waals surface area contributed by atoms with Gasteiger partial charge in [-0.1, -0.05) is 6.07 Å². The number of rotatable bonds is 4. The van der Waals surface area contributed by atoms with Crippen LogP contribution < -0.4 is 5.32 Å². The van der Waals surface area contributed by atoms with Gasteiger partial charge in [0.15, 0.2) is 5.96 Å². The number of aliphatic imine (C=N–C) groups is 1. The first kappa shape index (κ1) is 15.1. The normalized spacial score (nSPS) is 11.9. The lowest BCUT2D eigenvalue weighted by molar-refractivity contribution is 0.461. The van der Waals surface area contributed by atoms with Gasteiger partial charge >= 0.3 is 0 Å². The summed E-state index contributed by atoms with van der Waals surface area (Å²) in [6.45, 7) is 1.44. The fourth-order valence-electron chi connectivity index (χ4n) is 2.61. The highest BCUT2D eigenvalue weighted by Crippen LogP contribution is 2.06. The molecule has 0 saturated heterocycles. The van der Waals surface area contributed by atoms with Gasteiger partial charge < -0.3 is 19.2 Å². The van der Waals surface area contributed by atoms with Gasteiger partial charge in [-0.15, -0.1) is 0 Å². The Morgan fingerprint density at radius 1 is 1.26 bits per heavy atom. The molecule has 3 aromatic rings. The molecule has 3 aromatic heterocycles. The number of aryl methyl sites for hydroxylation is 1. The molecule has 1 N–H and O–H groups in total. The maximum Gasteiger partial charge on any atom is 0.194 e. The summed E-state index contributed by atoms with van der Waals surface area (Å²) in [6, 6.07) is 10.2. The van der Waals surface area contributed by atoms with Crippen LogP contribution in [-0.4, -0.2) is 38.9 Å². The number of nitrogens with zero attached hydrogens (tertiary/aromatic N) is 5. The second-order valence-corrected chi connectivity index (χ2v) is 5.57. The molecule has 6 heteroatoms. The number of nitrogens with one attached hydrogen (secondary N) is 1. The van der Waals surface area contributed by atoms with Crippen molar-refractivity contribution in [2.45, 2.75) is 13.1 Å². The van der Waals surface area contributed by atoms with Gasteiger partial charge in [-0.25, -0.2) is 4.98 Å². The smallest absolute Gasteiger partial charge is 0.194 e. The molecular formula is C17H22N6. The Morgan fingerprint density at radius 2 is 2.13 bits per heavy atom. The maximum absolute atomic E-state index is 4.59. The quantitative estimate of drug-likeness (QED) is 0.591. The Labute approximate surface area is 136 Å². The van der Waals surface area contributed by atoms with Crippen molar-refractivity contribution in [2.75, 3.05) is 14.1 Å². The molecule has 3 heterocycles. The first-order valence-electron chi connectivity index (χ1n) is 7.62. The van der Waals surface area contributed by atoms with Crippen LogP contribution in [0.5, 0.6) is 0 Å². The summed E-state index contributed by atoms with van der Waals surface area (Å²) in [4.78, 5) is 11.0. The lowest BCUT2D eigenvalue weighted by atomic mass is 10.4. The van der Waals surface area contributed by atoms with Crippen LogP contribution in [0, 0.1) is 0 Å². The molecule has 0 saturated carbocycles. The molecule has 120 valence electrons. The van der Waals surface area contributed by atoms with Crippen molar-refractivity contribution in [1.82, 2.24) is 24.2 Å². The largest absolute Gasteiger partial charge is 0.353 e. The number of hydrogen-bond donors (Lipinski definition) is 1. The minimum absolute atomic E-state index is 0.645. The summed E-state index contributed by atoms with van der Waals surface area (Å²) in [6.07, 6.45) is 6.09. The van der Waals surface area contributed by atoms with Gasteiger partial charge in [0.1, 0.15) is 5.65 Å². The number of guanidine groups is 1. The minimum atomic E-state index is 0.645. The van der Waals surface area contributed by atoms with Gasteiger partial charge in [0, 0.05) is 45.4 Å². The molecule has 0 amide bonds. The molecule has 0 aliphatic heterocycles. The van der Waals surface area contributed by atoms with Crippen LogP contribution in [0.1, 0.15) is 11.4 Å². The lowest BCUT2D eigenvalue weighted by Gasteiger charge is -2.22. The van der Waals surface area contributed by atoms with Crippen molar-refractivity contribution >= 4 is 11.6 Å². The van der Waals surface area contributed by atoms with E-state index in [1.807, 2.05) is 42.0 Å². The summed E-state index contributed by atoms with van der Waals surface area (Å²) in [5, 5.41) is 3.37. The van der Waals surface area contributed by atoms with E-state index in [1.165, 1.54) is 5.69 Å². The van der Waals surface area contributed by atoms with E-state index >= 15 is 0 Å². The zero-order valence-electron chi connectivity index (χ0n) is 13.8. The molecule has 0 unspecified atom stereocenters. The van der Waals surface area contributed by atoms with Gasteiger partial charge in [-0.3, -0.25) is 4.99 Å². The van der Waals surface area contributed by atoms with Gasteiger partial charge in [0.05, 0.1) is 18.8 Å². The first-order chi connectivity index (χ1) is 11.2. The Bertz CT molecular complexity index is 780. The third-order valence-electron chi connectivity index (χ3n) is 3.87. The molecule has 0 bridgehead atoms. The Morgan fingerprint density at radius 3 is 2.83 bits per heavy atom. The predicted octanol–water partition coefficient (Wildman–Crippen LogP) is 1.88. The van der Waals surface area contributed by atoms with Crippen molar-refractivity contribution in [1.29, 1.82) is 0 Å². The van der Waals surface area contributed by atoms with Crippen LogP contribution in [0.3, 0.4) is 0 Å². The van der Waals surface area contributed by atoms with E-state index in [0.29, 0.717) is 6.54 Å². The second kappa shape index (κ2) is 6.56. The summed E-state index contributed by atoms with van der Waals surface area (Å²) >= 11 is 0. The zero-order chi connectivity index (χ0) is 16.2. The zero-order valence-corrected chi connectivity index (χ0v) is 13.8. The number of pyridine rings is 1. The van der Waals surface area contributed by atoms with Crippen molar-refractivity contribution in [3.63, 3.8) is 0 Å². The SMILES string of the molecule is CN=C(NCc1cn2ccccc2n1)N(C)Cc1cccn1C. The fourth-order valence-corrected chi connectivity index (χ4v) is 2.61. The van der Waals surface area contributed by atoms with E-state index in [-0.39, 0.29) is 0 Å². The number of hydrogen-bond acceptors (Lipinski definition) is 2. The molecule has 0 aromatic carbocycles. The van der Waals surface area contributed by atoms with E-state index in [1.54, 1.807) is 7.05 Å². The summed E-state index contributed by atoms with van der Waals surface area (Å²) in [7, 11) is 5.88. The number of imidazole rings is 1. The van der Waals surface area contributed by atoms with Crippen molar-refractivity contribution < 1.29 is 0 Å². The van der Waals surface area contributed by atoms with Crippen LogP contribution in [0.2, 0.25) is 0 Å². The van der Waals surface area contributed by atoms with E-state index in [9.17, 15) is 0 Å². The van der Waals surface area contributed by atoms with Gasteiger partial charge in [-0.2, -0.15) is 0 Å². The topological polar surface area (TPSA) is 49.9 Å². The van der Waals surface area contributed by atoms with Crippen LogP contribution in [-0.2, 0) is 20.1 Å². The molecule has 0 aliphatic carbocycles. The average Bonchev–Trinajstić information content (AvgIpc) is 3.14. The van der Waals surface area contributed by atoms with Crippen molar-refractivity contribution in [3.05, 3.63) is 60.3 Å². The molecule has 23 heavy (non-hydrogen) atoms. The van der Waals surface area contributed by atoms with Crippen LogP contribution in [0.25, 0.3) is 5.65 Å². The summed E-state index contributed by atoms with van der Waals surface area (Å²) in [5.41, 5.74) is 3.18. The molecular weight excluding hydrogens is 288 g/mol. The van der Waals surface area contributed by atoms with Gasteiger partial charge in [0.25, 0.3) is 0 Å². The first-order valence-corrected chi connectivity index (χ1v) is 7.62. The highest BCUT2D eigenvalue weighted by atomic mass is 15.3. The van der Waals surface area contributed by atoms with Crippen molar-refractivity contribution in [3.8, 4) is 0 Å². The Balaban J connectivity index is 1.64. The maximum atomic E-state index is 4.59. The van der Waals surface area contributed by atoms with Crippen LogP contribution in [0.4, 0.5) is 0 Å². The van der Waals surface area contributed by atoms with Crippen LogP contribution in [0.15, 0.2) is 53.9 Å². The average molecular weight is 310 g/mol. The number of fused-ring (bicyclic) bond motifs is 1. The number of aromatic nitrogens is 3. The fraction of sp³-hybridized carbons (Fsp3) is 0.294. The van der Waals surface area contributed by atoms with Crippen molar-refractivity contribution in [2.24, 2.45) is 12.0 Å². The predicted molar refractivity (Wildman–Crippen MR) is 92.3 cm³/mol. The molecule has 0 radical (unpaired) electrons. The molecule has 3 rings (SSSR count). The summed E-state index contributed by atoms with van der Waals surface area (Å²) in [5.74, 6) is 0.850. The third kappa shape index (κ3) is 3.36. The van der Waals surface area contributed by atoms with E-state index in [2.05, 4.69) is 50.1 Å². The second-order valence-electron chi connectivity index (χ2n) is 5.57. The molecule has 0 aliphatic rings. The van der Waals surface area contributed by atoms with Gasteiger partial charge in [0.2, 0.25) is 0 Å². The highest BCUT2D eigenvalue weighted by Gasteiger charge is 2.09. The summed E-state index contributed by atoms with van der Waals surface area (Å²) < 4.78 is 4.14. The van der Waals surface area contributed by atoms with Gasteiger partial charge in [-0.05, 0) is 24.3 Å². The standard InChI is InChI=1S/C17H22N6/c1-18-17(22(3)13-15-7-6-9-21(15)2)19-11-14-12-23-10-5-4-8-16(23)20-14/h4-10,12H,11,13H2,1-3H3,(H,18,19). The monoisotopic (exact) mass is 310 g/mol. The van der Waals surface area contributed by atoms with E-state index in [4.69, 9.17) is 0 Å². The van der Waals surface area contributed by atoms with Crippen LogP contribution >= 0.6 is 0 Å². The Hall–Kier alpha value is -2.76. The minimum Gasteiger partial charge on any atom is -0.353 e. The third-order valence-corrected chi connectivity index (χ3v) is 3.87. The van der Waals surface area contributed by atoms with E-state index in [0.717, 1.165) is 23.8 Å².